The molecule has 0 radical (unpaired) electrons. The van der Waals surface area contributed by atoms with Crippen molar-refractivity contribution < 1.29 is 0 Å². The van der Waals surface area contributed by atoms with Crippen molar-refractivity contribution >= 4 is 23.2 Å². The van der Waals surface area contributed by atoms with Crippen LogP contribution in [0.4, 0.5) is 0 Å². The van der Waals surface area contributed by atoms with Gasteiger partial charge in [-0.05, 0) is 37.6 Å². The summed E-state index contributed by atoms with van der Waals surface area (Å²) in [6.45, 7) is 4.08. The lowest BCUT2D eigenvalue weighted by atomic mass is 10.00. The predicted molar refractivity (Wildman–Crippen MR) is 89.3 cm³/mol. The maximum Gasteiger partial charge on any atom is 0.0850 e. The Hall–Kier alpha value is -1.03. The van der Waals surface area contributed by atoms with E-state index < -0.39 is 0 Å². The highest BCUT2D eigenvalue weighted by Crippen LogP contribution is 2.27. The normalized spacial score (nSPS) is 12.7. The second-order valence-corrected chi connectivity index (χ2v) is 6.02. The molecule has 5 heteroatoms. The number of rotatable bonds is 5. The number of aromatic nitrogens is 2. The summed E-state index contributed by atoms with van der Waals surface area (Å²) < 4.78 is 1.88. The van der Waals surface area contributed by atoms with Gasteiger partial charge in [-0.25, -0.2) is 0 Å². The molecule has 0 bridgehead atoms. The van der Waals surface area contributed by atoms with Crippen LogP contribution < -0.4 is 5.32 Å². The van der Waals surface area contributed by atoms with Crippen molar-refractivity contribution in [2.75, 3.05) is 7.05 Å². The van der Waals surface area contributed by atoms with Crippen LogP contribution in [-0.4, -0.2) is 16.8 Å². The zero-order chi connectivity index (χ0) is 15.6. The third-order valence-electron chi connectivity index (χ3n) is 3.83. The molecule has 0 aliphatic carbocycles. The molecule has 2 aromatic rings. The van der Waals surface area contributed by atoms with Gasteiger partial charge in [0.15, 0.2) is 0 Å². The topological polar surface area (TPSA) is 29.9 Å². The van der Waals surface area contributed by atoms with Crippen LogP contribution in [0.25, 0.3) is 0 Å². The molecule has 1 atom stereocenters. The summed E-state index contributed by atoms with van der Waals surface area (Å²) in [7, 11) is 3.90. The molecule has 0 amide bonds. The summed E-state index contributed by atoms with van der Waals surface area (Å²) in [6.07, 6.45) is 1.64. The van der Waals surface area contributed by atoms with Crippen molar-refractivity contribution in [2.24, 2.45) is 7.05 Å². The van der Waals surface area contributed by atoms with Crippen LogP contribution in [0.5, 0.6) is 0 Å². The number of aryl methyl sites for hydroxylation is 3. The van der Waals surface area contributed by atoms with Crippen LogP contribution in [0.1, 0.15) is 35.5 Å². The predicted octanol–water partition coefficient (Wildman–Crippen LogP) is 4.10. The molecule has 0 saturated heterocycles. The molecule has 0 fully saturated rings. The van der Waals surface area contributed by atoms with Crippen LogP contribution in [-0.2, 0) is 19.9 Å². The molecule has 0 spiro atoms. The fraction of sp³-hybridized carbons (Fsp3) is 0.438. The molecular weight excluding hydrogens is 305 g/mol. The monoisotopic (exact) mass is 325 g/mol. The van der Waals surface area contributed by atoms with Gasteiger partial charge in [0.05, 0.1) is 16.4 Å². The molecule has 2 rings (SSSR count). The number of nitrogens with zero attached hydrogens (tertiary/aromatic N) is 2. The standard InChI is InChI=1S/C16H21Cl2N3/c1-5-13-16(18)15(21(4)20-13)9-14(19-3)11-6-7-12(17)10(2)8-11/h6-8,14,19H,5,9H2,1-4H3. The average molecular weight is 326 g/mol. The summed E-state index contributed by atoms with van der Waals surface area (Å²) in [6, 6.07) is 6.30. The highest BCUT2D eigenvalue weighted by Gasteiger charge is 2.18. The van der Waals surface area contributed by atoms with Crippen LogP contribution in [0.2, 0.25) is 10.0 Å². The fourth-order valence-corrected chi connectivity index (χ4v) is 2.99. The van der Waals surface area contributed by atoms with E-state index in [4.69, 9.17) is 23.2 Å². The van der Waals surface area contributed by atoms with E-state index >= 15 is 0 Å². The van der Waals surface area contributed by atoms with E-state index in [9.17, 15) is 0 Å². The lowest BCUT2D eigenvalue weighted by molar-refractivity contribution is 0.561. The van der Waals surface area contributed by atoms with Crippen LogP contribution in [0.3, 0.4) is 0 Å². The van der Waals surface area contributed by atoms with Gasteiger partial charge in [-0.2, -0.15) is 5.10 Å². The van der Waals surface area contributed by atoms with Gasteiger partial charge in [0.1, 0.15) is 0 Å². The van der Waals surface area contributed by atoms with E-state index in [2.05, 4.69) is 29.5 Å². The number of benzene rings is 1. The first kappa shape index (κ1) is 16.3. The minimum absolute atomic E-state index is 0.179. The minimum Gasteiger partial charge on any atom is -0.313 e. The molecule has 0 aliphatic rings. The first-order valence-corrected chi connectivity index (χ1v) is 7.87. The Labute approximate surface area is 136 Å². The third kappa shape index (κ3) is 3.42. The summed E-state index contributed by atoms with van der Waals surface area (Å²) in [5.74, 6) is 0. The van der Waals surface area contributed by atoms with Crippen molar-refractivity contribution in [3.05, 3.63) is 50.8 Å². The average Bonchev–Trinajstić information content (AvgIpc) is 2.74. The van der Waals surface area contributed by atoms with Crippen LogP contribution in [0.15, 0.2) is 18.2 Å². The molecule has 114 valence electrons. The lowest BCUT2D eigenvalue weighted by Crippen LogP contribution is -2.20. The molecule has 1 unspecified atom stereocenters. The summed E-state index contributed by atoms with van der Waals surface area (Å²) in [4.78, 5) is 0. The Kier molecular flexibility index (Phi) is 5.31. The molecule has 1 heterocycles. The largest absolute Gasteiger partial charge is 0.313 e. The van der Waals surface area contributed by atoms with E-state index in [0.29, 0.717) is 0 Å². The van der Waals surface area contributed by atoms with E-state index in [1.807, 2.05) is 31.8 Å². The first-order chi connectivity index (χ1) is 9.97. The third-order valence-corrected chi connectivity index (χ3v) is 4.69. The van der Waals surface area contributed by atoms with Gasteiger partial charge in [0, 0.05) is 24.5 Å². The molecule has 0 aliphatic heterocycles. The molecule has 3 nitrogen and oxygen atoms in total. The van der Waals surface area contributed by atoms with Crippen molar-refractivity contribution in [3.8, 4) is 0 Å². The van der Waals surface area contributed by atoms with Gasteiger partial charge in [-0.1, -0.05) is 42.3 Å². The quantitative estimate of drug-likeness (QED) is 0.896. The van der Waals surface area contributed by atoms with E-state index in [1.54, 1.807) is 0 Å². The number of nitrogens with one attached hydrogen (secondary N) is 1. The van der Waals surface area contributed by atoms with Crippen molar-refractivity contribution in [3.63, 3.8) is 0 Å². The highest BCUT2D eigenvalue weighted by molar-refractivity contribution is 6.32. The Bertz CT molecular complexity index is 635. The first-order valence-electron chi connectivity index (χ1n) is 7.11. The molecule has 0 saturated carbocycles. The Morgan fingerprint density at radius 1 is 1.33 bits per heavy atom. The smallest absolute Gasteiger partial charge is 0.0850 e. The Morgan fingerprint density at radius 2 is 2.05 bits per heavy atom. The zero-order valence-corrected chi connectivity index (χ0v) is 14.4. The van der Waals surface area contributed by atoms with Gasteiger partial charge in [0.2, 0.25) is 0 Å². The molecular formula is C16H21Cl2N3. The van der Waals surface area contributed by atoms with Gasteiger partial charge in [-0.3, -0.25) is 4.68 Å². The van der Waals surface area contributed by atoms with Crippen LogP contribution >= 0.6 is 23.2 Å². The summed E-state index contributed by atoms with van der Waals surface area (Å²) in [5, 5.41) is 9.40. The highest BCUT2D eigenvalue weighted by atomic mass is 35.5. The van der Waals surface area contributed by atoms with Crippen molar-refractivity contribution in [2.45, 2.75) is 32.7 Å². The lowest BCUT2D eigenvalue weighted by Gasteiger charge is -2.18. The second kappa shape index (κ2) is 6.82. The van der Waals surface area contributed by atoms with E-state index in [-0.39, 0.29) is 6.04 Å². The van der Waals surface area contributed by atoms with Crippen molar-refractivity contribution in [1.82, 2.24) is 15.1 Å². The molecule has 1 aromatic heterocycles. The maximum absolute atomic E-state index is 6.44. The molecule has 1 aromatic carbocycles. The van der Waals surface area contributed by atoms with Crippen molar-refractivity contribution in [1.29, 1.82) is 0 Å². The molecule has 21 heavy (non-hydrogen) atoms. The summed E-state index contributed by atoms with van der Waals surface area (Å²) >= 11 is 12.5. The number of hydrogen-bond donors (Lipinski definition) is 1. The van der Waals surface area contributed by atoms with E-state index in [1.165, 1.54) is 5.56 Å². The number of halogens is 2. The minimum atomic E-state index is 0.179. The number of hydrogen-bond acceptors (Lipinski definition) is 2. The van der Waals surface area contributed by atoms with E-state index in [0.717, 1.165) is 39.8 Å². The Morgan fingerprint density at radius 3 is 2.57 bits per heavy atom. The molecule has 1 N–H and O–H groups in total. The van der Waals surface area contributed by atoms with Gasteiger partial charge < -0.3 is 5.32 Å². The zero-order valence-electron chi connectivity index (χ0n) is 12.9. The summed E-state index contributed by atoms with van der Waals surface area (Å²) in [5.41, 5.74) is 4.30. The van der Waals surface area contributed by atoms with Gasteiger partial charge in [0.25, 0.3) is 0 Å². The maximum atomic E-state index is 6.44. The Balaban J connectivity index is 2.31. The number of likely N-dealkylation sites (N-methyl/N-ethyl adjacent to an activating group) is 1. The van der Waals surface area contributed by atoms with Gasteiger partial charge in [-0.15, -0.1) is 0 Å². The van der Waals surface area contributed by atoms with Crippen LogP contribution in [0, 0.1) is 6.92 Å². The fourth-order valence-electron chi connectivity index (χ4n) is 2.51. The van der Waals surface area contributed by atoms with Gasteiger partial charge >= 0.3 is 0 Å². The SMILES string of the molecule is CCc1nn(C)c(CC(NC)c2ccc(Cl)c(C)c2)c1Cl. The second-order valence-electron chi connectivity index (χ2n) is 5.24.